The summed E-state index contributed by atoms with van der Waals surface area (Å²) in [4.78, 5) is 13.0. The minimum Gasteiger partial charge on any atom is -0.486 e. The number of ketones is 1. The summed E-state index contributed by atoms with van der Waals surface area (Å²) in [6.45, 7) is 1.19. The molecule has 4 saturated carbocycles. The van der Waals surface area contributed by atoms with Crippen molar-refractivity contribution in [3.8, 4) is 11.5 Å². The molecule has 0 N–H and O–H groups in total. The molecule has 4 aliphatic carbocycles. The Kier molecular flexibility index (Phi) is 3.26. The van der Waals surface area contributed by atoms with E-state index in [-0.39, 0.29) is 5.41 Å². The molecule has 0 atom stereocenters. The van der Waals surface area contributed by atoms with E-state index < -0.39 is 0 Å². The Bertz CT molecular complexity index is 668. The van der Waals surface area contributed by atoms with E-state index in [1.54, 1.807) is 0 Å². The molecule has 1 aliphatic heterocycles. The quantitative estimate of drug-likeness (QED) is 0.780. The standard InChI is InChI=1S/C21H24O3/c22-20(21-11-15-7-16(12-21)9-17(8-15)13-21)4-2-14-1-3-18-19(10-14)24-6-5-23-18/h1-4,10,15-17H,5-9,11-13H2. The van der Waals surface area contributed by atoms with Crippen LogP contribution >= 0.6 is 0 Å². The lowest BCUT2D eigenvalue weighted by Gasteiger charge is -2.55. The number of carbonyl (C=O) groups excluding carboxylic acids is 1. The molecule has 1 heterocycles. The molecule has 4 fully saturated rings. The van der Waals surface area contributed by atoms with Gasteiger partial charge in [-0.15, -0.1) is 0 Å². The van der Waals surface area contributed by atoms with Crippen molar-refractivity contribution < 1.29 is 14.3 Å². The highest BCUT2D eigenvalue weighted by molar-refractivity contribution is 5.98. The Labute approximate surface area is 143 Å². The van der Waals surface area contributed by atoms with Crippen molar-refractivity contribution in [1.82, 2.24) is 0 Å². The number of carbonyl (C=O) groups is 1. The van der Waals surface area contributed by atoms with Gasteiger partial charge in [0.25, 0.3) is 0 Å². The number of allylic oxidation sites excluding steroid dienone is 1. The molecule has 0 amide bonds. The molecule has 24 heavy (non-hydrogen) atoms. The summed E-state index contributed by atoms with van der Waals surface area (Å²) in [5.41, 5.74) is 0.969. The Morgan fingerprint density at radius 1 is 0.958 bits per heavy atom. The van der Waals surface area contributed by atoms with E-state index in [0.717, 1.165) is 54.1 Å². The largest absolute Gasteiger partial charge is 0.486 e. The van der Waals surface area contributed by atoms with E-state index in [0.29, 0.717) is 19.0 Å². The Hall–Kier alpha value is -1.77. The molecule has 1 aromatic carbocycles. The summed E-state index contributed by atoms with van der Waals surface area (Å²) in [6, 6.07) is 5.90. The Morgan fingerprint density at radius 2 is 1.58 bits per heavy atom. The van der Waals surface area contributed by atoms with Gasteiger partial charge in [0, 0.05) is 5.41 Å². The molecule has 5 aliphatic rings. The van der Waals surface area contributed by atoms with Gasteiger partial charge in [-0.05, 0) is 80.1 Å². The number of benzene rings is 1. The van der Waals surface area contributed by atoms with Crippen LogP contribution in [-0.2, 0) is 4.79 Å². The second-order valence-corrected chi connectivity index (χ2v) is 8.30. The van der Waals surface area contributed by atoms with Crippen LogP contribution < -0.4 is 9.47 Å². The van der Waals surface area contributed by atoms with Crippen LogP contribution in [0.4, 0.5) is 0 Å². The second-order valence-electron chi connectivity index (χ2n) is 8.30. The number of hydrogen-bond acceptors (Lipinski definition) is 3. The summed E-state index contributed by atoms with van der Waals surface area (Å²) in [5.74, 6) is 4.36. The SMILES string of the molecule is O=C(C=Cc1ccc2c(c1)OCCO2)C12CC3CC(CC(C3)C1)C2. The second kappa shape index (κ2) is 5.37. The van der Waals surface area contributed by atoms with Crippen molar-refractivity contribution in [2.24, 2.45) is 23.2 Å². The highest BCUT2D eigenvalue weighted by Crippen LogP contribution is 2.60. The summed E-state index contributed by atoms with van der Waals surface area (Å²) in [6.07, 6.45) is 11.3. The van der Waals surface area contributed by atoms with Crippen molar-refractivity contribution in [1.29, 1.82) is 0 Å². The molecule has 0 spiro atoms. The maximum Gasteiger partial charge on any atom is 0.161 e. The van der Waals surface area contributed by atoms with E-state index in [1.807, 2.05) is 30.4 Å². The van der Waals surface area contributed by atoms with Crippen molar-refractivity contribution in [2.75, 3.05) is 13.2 Å². The van der Waals surface area contributed by atoms with Gasteiger partial charge < -0.3 is 9.47 Å². The van der Waals surface area contributed by atoms with Gasteiger partial charge >= 0.3 is 0 Å². The molecule has 0 saturated heterocycles. The van der Waals surface area contributed by atoms with Crippen LogP contribution in [0.15, 0.2) is 24.3 Å². The molecule has 3 nitrogen and oxygen atoms in total. The van der Waals surface area contributed by atoms with Crippen LogP contribution in [0, 0.1) is 23.2 Å². The van der Waals surface area contributed by atoms with E-state index in [1.165, 1.54) is 19.3 Å². The van der Waals surface area contributed by atoms with Gasteiger partial charge in [0.15, 0.2) is 17.3 Å². The van der Waals surface area contributed by atoms with E-state index in [4.69, 9.17) is 9.47 Å². The van der Waals surface area contributed by atoms with Gasteiger partial charge in [0.2, 0.25) is 0 Å². The first-order valence-electron chi connectivity index (χ1n) is 9.32. The van der Waals surface area contributed by atoms with Gasteiger partial charge in [-0.3, -0.25) is 4.79 Å². The van der Waals surface area contributed by atoms with Gasteiger partial charge in [0.05, 0.1) is 0 Å². The molecule has 0 aromatic heterocycles. The van der Waals surface area contributed by atoms with E-state index in [9.17, 15) is 4.79 Å². The lowest BCUT2D eigenvalue weighted by molar-refractivity contribution is -0.138. The minimum atomic E-state index is -0.0426. The fraction of sp³-hybridized carbons (Fsp3) is 0.571. The number of fused-ring (bicyclic) bond motifs is 1. The average Bonchev–Trinajstić information content (AvgIpc) is 2.58. The van der Waals surface area contributed by atoms with Gasteiger partial charge in [-0.25, -0.2) is 0 Å². The van der Waals surface area contributed by atoms with Crippen LogP contribution in [0.2, 0.25) is 0 Å². The number of ether oxygens (including phenoxy) is 2. The van der Waals surface area contributed by atoms with Crippen LogP contribution in [-0.4, -0.2) is 19.0 Å². The highest BCUT2D eigenvalue weighted by Gasteiger charge is 2.53. The fourth-order valence-electron chi connectivity index (χ4n) is 5.92. The Balaban J connectivity index is 1.36. The third-order valence-electron chi connectivity index (χ3n) is 6.55. The van der Waals surface area contributed by atoms with Crippen LogP contribution in [0.3, 0.4) is 0 Å². The zero-order chi connectivity index (χ0) is 16.1. The zero-order valence-corrected chi connectivity index (χ0v) is 14.0. The van der Waals surface area contributed by atoms with Crippen molar-refractivity contribution >= 4 is 11.9 Å². The molecule has 3 heteroatoms. The predicted molar refractivity (Wildman–Crippen MR) is 92.1 cm³/mol. The van der Waals surface area contributed by atoms with Crippen LogP contribution in [0.1, 0.15) is 44.1 Å². The normalized spacial score (nSPS) is 36.2. The highest BCUT2D eigenvalue weighted by atomic mass is 16.6. The third kappa shape index (κ3) is 2.37. The van der Waals surface area contributed by atoms with Gasteiger partial charge in [0.1, 0.15) is 13.2 Å². The fourth-order valence-corrected chi connectivity index (χ4v) is 5.92. The van der Waals surface area contributed by atoms with E-state index >= 15 is 0 Å². The molecule has 1 aromatic rings. The molecular weight excluding hydrogens is 300 g/mol. The lowest BCUT2D eigenvalue weighted by Crippen LogP contribution is -2.49. The van der Waals surface area contributed by atoms with Gasteiger partial charge in [-0.1, -0.05) is 12.1 Å². The Morgan fingerprint density at radius 3 is 2.25 bits per heavy atom. The molecular formula is C21H24O3. The molecule has 126 valence electrons. The monoisotopic (exact) mass is 324 g/mol. The zero-order valence-electron chi connectivity index (χ0n) is 14.0. The smallest absolute Gasteiger partial charge is 0.161 e. The summed E-state index contributed by atoms with van der Waals surface area (Å²) in [5, 5.41) is 0. The van der Waals surface area contributed by atoms with Crippen LogP contribution in [0.5, 0.6) is 11.5 Å². The number of hydrogen-bond donors (Lipinski definition) is 0. The summed E-state index contributed by atoms with van der Waals surface area (Å²) in [7, 11) is 0. The maximum atomic E-state index is 13.0. The molecule has 0 unspecified atom stereocenters. The summed E-state index contributed by atoms with van der Waals surface area (Å²) < 4.78 is 11.2. The van der Waals surface area contributed by atoms with Crippen molar-refractivity contribution in [3.05, 3.63) is 29.8 Å². The van der Waals surface area contributed by atoms with Crippen LogP contribution in [0.25, 0.3) is 6.08 Å². The number of rotatable bonds is 3. The summed E-state index contributed by atoms with van der Waals surface area (Å²) >= 11 is 0. The maximum absolute atomic E-state index is 13.0. The first kappa shape index (κ1) is 14.6. The van der Waals surface area contributed by atoms with Gasteiger partial charge in [-0.2, -0.15) is 0 Å². The topological polar surface area (TPSA) is 35.5 Å². The molecule has 4 bridgehead atoms. The average molecular weight is 324 g/mol. The first-order chi connectivity index (χ1) is 11.7. The van der Waals surface area contributed by atoms with E-state index in [2.05, 4.69) is 0 Å². The van der Waals surface area contributed by atoms with Crippen molar-refractivity contribution in [3.63, 3.8) is 0 Å². The minimum absolute atomic E-state index is 0.0426. The predicted octanol–water partition coefficient (Wildman–Crippen LogP) is 4.26. The first-order valence-corrected chi connectivity index (χ1v) is 9.32. The molecule has 6 rings (SSSR count). The lowest BCUT2D eigenvalue weighted by atomic mass is 9.48. The third-order valence-corrected chi connectivity index (χ3v) is 6.55. The van der Waals surface area contributed by atoms with Crippen molar-refractivity contribution in [2.45, 2.75) is 38.5 Å². The molecule has 0 radical (unpaired) electrons.